The SMILES string of the molecule is CCCCC(=O)N1CCN(C(C)C2CC2)CC1. The molecule has 0 radical (unpaired) electrons. The summed E-state index contributed by atoms with van der Waals surface area (Å²) in [4.78, 5) is 16.5. The van der Waals surface area contributed by atoms with Crippen LogP contribution in [0.4, 0.5) is 0 Å². The molecule has 1 heterocycles. The predicted molar refractivity (Wildman–Crippen MR) is 69.9 cm³/mol. The van der Waals surface area contributed by atoms with Crippen LogP contribution in [0, 0.1) is 5.92 Å². The molecule has 1 saturated heterocycles. The van der Waals surface area contributed by atoms with Gasteiger partial charge in [-0.3, -0.25) is 9.69 Å². The summed E-state index contributed by atoms with van der Waals surface area (Å²) in [6.45, 7) is 8.54. The van der Waals surface area contributed by atoms with Crippen LogP contribution in [0.25, 0.3) is 0 Å². The number of piperazine rings is 1. The topological polar surface area (TPSA) is 23.6 Å². The lowest BCUT2D eigenvalue weighted by molar-refractivity contribution is -0.133. The first-order valence-electron chi connectivity index (χ1n) is 7.24. The molecule has 0 aromatic rings. The van der Waals surface area contributed by atoms with Crippen LogP contribution in [-0.2, 0) is 4.79 Å². The molecule has 0 aromatic carbocycles. The van der Waals surface area contributed by atoms with Crippen LogP contribution in [0.2, 0.25) is 0 Å². The highest BCUT2D eigenvalue weighted by molar-refractivity contribution is 5.76. The maximum absolute atomic E-state index is 11.9. The molecule has 98 valence electrons. The van der Waals surface area contributed by atoms with E-state index in [1.807, 2.05) is 0 Å². The molecule has 0 N–H and O–H groups in total. The lowest BCUT2D eigenvalue weighted by Gasteiger charge is -2.38. The van der Waals surface area contributed by atoms with Crippen molar-refractivity contribution in [1.82, 2.24) is 9.80 Å². The third kappa shape index (κ3) is 3.44. The highest BCUT2D eigenvalue weighted by Crippen LogP contribution is 2.35. The highest BCUT2D eigenvalue weighted by Gasteiger charge is 2.33. The van der Waals surface area contributed by atoms with E-state index in [1.54, 1.807) is 0 Å². The maximum Gasteiger partial charge on any atom is 0.222 e. The van der Waals surface area contributed by atoms with Crippen LogP contribution in [0.1, 0.15) is 46.0 Å². The molecule has 2 aliphatic rings. The summed E-state index contributed by atoms with van der Waals surface area (Å²) in [7, 11) is 0. The molecular weight excluding hydrogens is 212 g/mol. The van der Waals surface area contributed by atoms with Gasteiger partial charge in [0.15, 0.2) is 0 Å². The van der Waals surface area contributed by atoms with Crippen LogP contribution in [0.15, 0.2) is 0 Å². The average Bonchev–Trinajstić information content (AvgIpc) is 3.19. The van der Waals surface area contributed by atoms with E-state index in [0.717, 1.165) is 57.4 Å². The first kappa shape index (κ1) is 12.9. The van der Waals surface area contributed by atoms with Gasteiger partial charge in [0, 0.05) is 38.6 Å². The highest BCUT2D eigenvalue weighted by atomic mass is 16.2. The van der Waals surface area contributed by atoms with E-state index in [0.29, 0.717) is 5.91 Å². The summed E-state index contributed by atoms with van der Waals surface area (Å²) in [5.41, 5.74) is 0. The van der Waals surface area contributed by atoms with E-state index in [1.165, 1.54) is 12.8 Å². The van der Waals surface area contributed by atoms with Gasteiger partial charge in [0.05, 0.1) is 0 Å². The van der Waals surface area contributed by atoms with Gasteiger partial charge in [-0.15, -0.1) is 0 Å². The second-order valence-corrected chi connectivity index (χ2v) is 5.60. The van der Waals surface area contributed by atoms with Crippen LogP contribution in [-0.4, -0.2) is 47.9 Å². The molecule has 17 heavy (non-hydrogen) atoms. The zero-order valence-corrected chi connectivity index (χ0v) is 11.3. The van der Waals surface area contributed by atoms with E-state index in [4.69, 9.17) is 0 Å². The van der Waals surface area contributed by atoms with E-state index < -0.39 is 0 Å². The molecule has 2 rings (SSSR count). The molecule has 1 aliphatic heterocycles. The third-order valence-corrected chi connectivity index (χ3v) is 4.29. The van der Waals surface area contributed by atoms with Crippen molar-refractivity contribution in [2.24, 2.45) is 5.92 Å². The van der Waals surface area contributed by atoms with Crippen molar-refractivity contribution < 1.29 is 4.79 Å². The Morgan fingerprint density at radius 2 is 1.88 bits per heavy atom. The van der Waals surface area contributed by atoms with Crippen molar-refractivity contribution in [3.63, 3.8) is 0 Å². The van der Waals surface area contributed by atoms with Crippen LogP contribution in [0.5, 0.6) is 0 Å². The molecule has 3 heteroatoms. The fourth-order valence-corrected chi connectivity index (χ4v) is 2.74. The minimum atomic E-state index is 0.366. The lowest BCUT2D eigenvalue weighted by atomic mass is 10.1. The van der Waals surface area contributed by atoms with E-state index in [-0.39, 0.29) is 0 Å². The molecule has 1 saturated carbocycles. The second-order valence-electron chi connectivity index (χ2n) is 5.60. The maximum atomic E-state index is 11.9. The average molecular weight is 238 g/mol. The van der Waals surface area contributed by atoms with Crippen molar-refractivity contribution in [2.45, 2.75) is 52.0 Å². The molecule has 1 unspecified atom stereocenters. The summed E-state index contributed by atoms with van der Waals surface area (Å²) in [6.07, 6.45) is 5.73. The number of carbonyl (C=O) groups is 1. The smallest absolute Gasteiger partial charge is 0.222 e. The van der Waals surface area contributed by atoms with Crippen molar-refractivity contribution >= 4 is 5.91 Å². The molecule has 2 fully saturated rings. The van der Waals surface area contributed by atoms with Crippen molar-refractivity contribution in [1.29, 1.82) is 0 Å². The number of nitrogens with zero attached hydrogens (tertiary/aromatic N) is 2. The van der Waals surface area contributed by atoms with Gasteiger partial charge < -0.3 is 4.90 Å². The normalized spacial score (nSPS) is 23.8. The Balaban J connectivity index is 1.71. The number of hydrogen-bond acceptors (Lipinski definition) is 2. The zero-order chi connectivity index (χ0) is 12.3. The zero-order valence-electron chi connectivity index (χ0n) is 11.3. The molecule has 1 atom stereocenters. The predicted octanol–water partition coefficient (Wildman–Crippen LogP) is 2.12. The summed E-state index contributed by atoms with van der Waals surface area (Å²) < 4.78 is 0. The lowest BCUT2D eigenvalue weighted by Crippen LogP contribution is -2.51. The molecule has 1 aliphatic carbocycles. The quantitative estimate of drug-likeness (QED) is 0.732. The van der Waals surface area contributed by atoms with E-state index >= 15 is 0 Å². The summed E-state index contributed by atoms with van der Waals surface area (Å²) in [5, 5.41) is 0. The summed E-state index contributed by atoms with van der Waals surface area (Å²) in [6, 6.07) is 0.739. The molecule has 0 spiro atoms. The Bertz CT molecular complexity index is 255. The van der Waals surface area contributed by atoms with Crippen molar-refractivity contribution in [3.05, 3.63) is 0 Å². The Labute approximate surface area is 105 Å². The number of amides is 1. The Hall–Kier alpha value is -0.570. The number of carbonyl (C=O) groups excluding carboxylic acids is 1. The van der Waals surface area contributed by atoms with Crippen LogP contribution in [0.3, 0.4) is 0 Å². The standard InChI is InChI=1S/C14H26N2O/c1-3-4-5-14(17)16-10-8-15(9-11-16)12(2)13-6-7-13/h12-13H,3-11H2,1-2H3. The summed E-state index contributed by atoms with van der Waals surface area (Å²) >= 11 is 0. The van der Waals surface area contributed by atoms with Crippen molar-refractivity contribution in [3.8, 4) is 0 Å². The number of rotatable bonds is 5. The largest absolute Gasteiger partial charge is 0.340 e. The van der Waals surface area contributed by atoms with Gasteiger partial charge in [0.2, 0.25) is 5.91 Å². The third-order valence-electron chi connectivity index (χ3n) is 4.29. The first-order valence-corrected chi connectivity index (χ1v) is 7.24. The fraction of sp³-hybridized carbons (Fsp3) is 0.929. The van der Waals surface area contributed by atoms with Gasteiger partial charge in [0.1, 0.15) is 0 Å². The van der Waals surface area contributed by atoms with Gasteiger partial charge in [-0.1, -0.05) is 13.3 Å². The molecule has 0 aromatic heterocycles. The molecule has 1 amide bonds. The second kappa shape index (κ2) is 5.85. The minimum absolute atomic E-state index is 0.366. The molecule has 0 bridgehead atoms. The Kier molecular flexibility index (Phi) is 4.43. The summed E-state index contributed by atoms with van der Waals surface area (Å²) in [5.74, 6) is 1.31. The monoisotopic (exact) mass is 238 g/mol. The number of unbranched alkanes of at least 4 members (excludes halogenated alkanes) is 1. The van der Waals surface area contributed by atoms with Gasteiger partial charge in [0.25, 0.3) is 0 Å². The van der Waals surface area contributed by atoms with Gasteiger partial charge in [-0.2, -0.15) is 0 Å². The molecule has 3 nitrogen and oxygen atoms in total. The Morgan fingerprint density at radius 3 is 2.41 bits per heavy atom. The Morgan fingerprint density at radius 1 is 1.24 bits per heavy atom. The van der Waals surface area contributed by atoms with Gasteiger partial charge in [-0.25, -0.2) is 0 Å². The van der Waals surface area contributed by atoms with Crippen LogP contribution >= 0.6 is 0 Å². The van der Waals surface area contributed by atoms with Crippen LogP contribution < -0.4 is 0 Å². The minimum Gasteiger partial charge on any atom is -0.340 e. The van der Waals surface area contributed by atoms with E-state index in [2.05, 4.69) is 23.6 Å². The van der Waals surface area contributed by atoms with Gasteiger partial charge >= 0.3 is 0 Å². The van der Waals surface area contributed by atoms with Gasteiger partial charge in [-0.05, 0) is 32.1 Å². The van der Waals surface area contributed by atoms with E-state index in [9.17, 15) is 4.79 Å². The van der Waals surface area contributed by atoms with Crippen molar-refractivity contribution in [2.75, 3.05) is 26.2 Å². The molecular formula is C14H26N2O. The number of hydrogen-bond donors (Lipinski definition) is 0. The first-order chi connectivity index (χ1) is 8.22. The fourth-order valence-electron chi connectivity index (χ4n) is 2.74.